The number of hydrogen-bond acceptors (Lipinski definition) is 1. The topological polar surface area (TPSA) is 8.17 Å². The van der Waals surface area contributed by atoms with Gasteiger partial charge in [0.25, 0.3) is 0 Å². The lowest BCUT2D eigenvalue weighted by atomic mass is 9.90. The zero-order valence-corrected chi connectivity index (χ0v) is 37.4. The molecule has 67 heavy (non-hydrogen) atoms. The van der Waals surface area contributed by atoms with E-state index in [0.717, 1.165) is 39.5 Å². The van der Waals surface area contributed by atoms with Gasteiger partial charge in [-0.3, -0.25) is 0 Å². The van der Waals surface area contributed by atoms with Crippen molar-refractivity contribution >= 4 is 49.5 Å². The predicted octanol–water partition coefficient (Wildman–Crippen LogP) is 17.9. The summed E-state index contributed by atoms with van der Waals surface area (Å²) in [6, 6.07) is 87.4. The molecule has 0 bridgehead atoms. The monoisotopic (exact) mass is 856 g/mol. The molecule has 0 spiro atoms. The van der Waals surface area contributed by atoms with Crippen LogP contribution in [-0.4, -0.2) is 4.57 Å². The molecule has 0 fully saturated rings. The first-order valence-electron chi connectivity index (χ1n) is 22.9. The van der Waals surface area contributed by atoms with Crippen molar-refractivity contribution in [3.63, 3.8) is 0 Å². The molecule has 0 aliphatic carbocycles. The Morgan fingerprint density at radius 1 is 0.403 bits per heavy atom. The van der Waals surface area contributed by atoms with E-state index in [1.165, 1.54) is 71.5 Å². The summed E-state index contributed by atoms with van der Waals surface area (Å²) in [5, 5.41) is 4.94. The van der Waals surface area contributed by atoms with Crippen LogP contribution in [0.1, 0.15) is 12.5 Å². The van der Waals surface area contributed by atoms with Crippen molar-refractivity contribution in [1.29, 1.82) is 0 Å². The number of hydrogen-bond donors (Lipinski definition) is 0. The van der Waals surface area contributed by atoms with Crippen LogP contribution < -0.4 is 4.90 Å². The maximum atomic E-state index is 4.38. The number of fused-ring (bicyclic) bond motifs is 4. The standard InChI is InChI=1S/C65H48N2/c1-3-56(66(58-37-30-50(31-38-58)47-17-7-4-8-18-47)59-39-32-51(33-40-59)48-19-9-5-10-20-48)36-27-46(2)60-41-34-54(53-29-28-49-21-13-14-22-52(49)43-53)44-63(60)55-35-42-62-61-25-15-16-26-64(61)67(65(62)45-55)57-23-11-6-12-24-57/h3-45H,1H2,2H3/b46-27+,56-36+. The molecule has 318 valence electrons. The zero-order valence-electron chi connectivity index (χ0n) is 37.4. The van der Waals surface area contributed by atoms with Crippen molar-refractivity contribution in [3.8, 4) is 50.2 Å². The lowest BCUT2D eigenvalue weighted by molar-refractivity contribution is 1.18. The molecule has 0 aliphatic rings. The minimum absolute atomic E-state index is 0.961. The summed E-state index contributed by atoms with van der Waals surface area (Å²) in [6.07, 6.45) is 6.41. The molecular weight excluding hydrogens is 809 g/mol. The van der Waals surface area contributed by atoms with Crippen LogP contribution in [0.4, 0.5) is 11.4 Å². The van der Waals surface area contributed by atoms with Gasteiger partial charge in [-0.25, -0.2) is 0 Å². The number of anilines is 2. The Kier molecular flexibility index (Phi) is 11.0. The number of rotatable bonds is 11. The largest absolute Gasteiger partial charge is 0.311 e. The zero-order chi connectivity index (χ0) is 45.1. The number of benzene rings is 10. The lowest BCUT2D eigenvalue weighted by Gasteiger charge is -2.27. The third kappa shape index (κ3) is 8.07. The molecule has 10 aromatic carbocycles. The van der Waals surface area contributed by atoms with Crippen molar-refractivity contribution in [1.82, 2.24) is 4.57 Å². The fourth-order valence-corrected chi connectivity index (χ4v) is 9.52. The Labute approximate surface area is 393 Å². The Balaban J connectivity index is 1.05. The molecule has 11 aromatic rings. The average molecular weight is 857 g/mol. The summed E-state index contributed by atoms with van der Waals surface area (Å²) in [7, 11) is 0. The summed E-state index contributed by atoms with van der Waals surface area (Å²) < 4.78 is 2.40. The van der Waals surface area contributed by atoms with E-state index in [1.807, 2.05) is 6.08 Å². The number of para-hydroxylation sites is 2. The first-order chi connectivity index (χ1) is 33.1. The molecule has 11 rings (SSSR count). The quantitative estimate of drug-likeness (QED) is 0.118. The summed E-state index contributed by atoms with van der Waals surface area (Å²) in [4.78, 5) is 2.29. The highest BCUT2D eigenvalue weighted by atomic mass is 15.1. The Morgan fingerprint density at radius 3 is 1.57 bits per heavy atom. The van der Waals surface area contributed by atoms with E-state index in [2.05, 4.69) is 278 Å². The highest BCUT2D eigenvalue weighted by Crippen LogP contribution is 2.40. The van der Waals surface area contributed by atoms with Crippen LogP contribution in [0.25, 0.3) is 88.3 Å². The SMILES string of the molecule is C=C/C(=C\C=C(/C)c1ccc(-c2ccc3ccccc3c2)cc1-c1ccc2c3ccccc3n(-c3ccccc3)c2c1)N(c1ccc(-c2ccccc2)cc1)c1ccc(-c2ccccc2)cc1. The minimum atomic E-state index is 0.961. The highest BCUT2D eigenvalue weighted by molar-refractivity contribution is 6.10. The first-order valence-corrected chi connectivity index (χ1v) is 22.9. The van der Waals surface area contributed by atoms with Gasteiger partial charge < -0.3 is 9.47 Å². The van der Waals surface area contributed by atoms with Gasteiger partial charge >= 0.3 is 0 Å². The second-order valence-electron chi connectivity index (χ2n) is 17.0. The fraction of sp³-hybridized carbons (Fsp3) is 0.0154. The maximum absolute atomic E-state index is 4.38. The van der Waals surface area contributed by atoms with Gasteiger partial charge in [0.2, 0.25) is 0 Å². The maximum Gasteiger partial charge on any atom is 0.0547 e. The first kappa shape index (κ1) is 41.0. The lowest BCUT2D eigenvalue weighted by Crippen LogP contribution is -2.15. The van der Waals surface area contributed by atoms with E-state index in [4.69, 9.17) is 0 Å². The molecule has 0 saturated heterocycles. The van der Waals surface area contributed by atoms with Gasteiger partial charge in [-0.15, -0.1) is 0 Å². The third-order valence-corrected chi connectivity index (χ3v) is 13.0. The average Bonchev–Trinajstić information content (AvgIpc) is 3.74. The number of aromatic nitrogens is 1. The van der Waals surface area contributed by atoms with Crippen LogP contribution in [0.3, 0.4) is 0 Å². The molecule has 0 aliphatic heterocycles. The summed E-state index contributed by atoms with van der Waals surface area (Å²) >= 11 is 0. The van der Waals surface area contributed by atoms with Crippen molar-refractivity contribution in [2.24, 2.45) is 0 Å². The predicted molar refractivity (Wildman–Crippen MR) is 287 cm³/mol. The van der Waals surface area contributed by atoms with Gasteiger partial charge in [0.15, 0.2) is 0 Å². The van der Waals surface area contributed by atoms with Crippen LogP contribution in [0, 0.1) is 0 Å². The smallest absolute Gasteiger partial charge is 0.0547 e. The van der Waals surface area contributed by atoms with E-state index < -0.39 is 0 Å². The van der Waals surface area contributed by atoms with Crippen LogP contribution in [0.2, 0.25) is 0 Å². The number of nitrogens with zero attached hydrogens (tertiary/aromatic N) is 2. The summed E-state index contributed by atoms with van der Waals surface area (Å²) in [5.74, 6) is 0. The molecule has 0 saturated carbocycles. The third-order valence-electron chi connectivity index (χ3n) is 13.0. The van der Waals surface area contributed by atoms with Gasteiger partial charge in [0.1, 0.15) is 0 Å². The van der Waals surface area contributed by atoms with E-state index in [0.29, 0.717) is 0 Å². The normalized spacial score (nSPS) is 11.9. The molecule has 0 radical (unpaired) electrons. The minimum Gasteiger partial charge on any atom is -0.311 e. The summed E-state index contributed by atoms with van der Waals surface area (Å²) in [6.45, 7) is 6.61. The fourth-order valence-electron chi connectivity index (χ4n) is 9.52. The van der Waals surface area contributed by atoms with Gasteiger partial charge in [-0.2, -0.15) is 0 Å². The molecule has 2 nitrogen and oxygen atoms in total. The van der Waals surface area contributed by atoms with Crippen molar-refractivity contribution in [2.75, 3.05) is 4.90 Å². The molecule has 0 atom stereocenters. The highest BCUT2D eigenvalue weighted by Gasteiger charge is 2.17. The second kappa shape index (κ2) is 18.0. The number of allylic oxidation sites excluding steroid dienone is 4. The van der Waals surface area contributed by atoms with E-state index in [9.17, 15) is 0 Å². The molecule has 1 aromatic heterocycles. The van der Waals surface area contributed by atoms with Crippen LogP contribution in [0.15, 0.2) is 273 Å². The Morgan fingerprint density at radius 2 is 0.910 bits per heavy atom. The molecule has 2 heteroatoms. The van der Waals surface area contributed by atoms with Gasteiger partial charge in [0, 0.05) is 33.5 Å². The molecule has 1 heterocycles. The van der Waals surface area contributed by atoms with Crippen molar-refractivity contribution in [2.45, 2.75) is 6.92 Å². The van der Waals surface area contributed by atoms with E-state index in [-0.39, 0.29) is 0 Å². The summed E-state index contributed by atoms with van der Waals surface area (Å²) in [5.41, 5.74) is 18.3. The molecule has 0 unspecified atom stereocenters. The van der Waals surface area contributed by atoms with Crippen LogP contribution in [-0.2, 0) is 0 Å². The van der Waals surface area contributed by atoms with Crippen LogP contribution in [0.5, 0.6) is 0 Å². The van der Waals surface area contributed by atoms with Gasteiger partial charge in [-0.05, 0) is 146 Å². The van der Waals surface area contributed by atoms with Crippen molar-refractivity contribution in [3.05, 3.63) is 279 Å². The molecule has 0 N–H and O–H groups in total. The molecular formula is C65H48N2. The Bertz CT molecular complexity index is 3530. The van der Waals surface area contributed by atoms with E-state index >= 15 is 0 Å². The van der Waals surface area contributed by atoms with Gasteiger partial charge in [-0.1, -0.05) is 195 Å². The van der Waals surface area contributed by atoms with Gasteiger partial charge in [0.05, 0.1) is 11.0 Å². The second-order valence-corrected chi connectivity index (χ2v) is 17.0. The Hall–Kier alpha value is -8.72. The van der Waals surface area contributed by atoms with Crippen LogP contribution >= 0.6 is 0 Å². The van der Waals surface area contributed by atoms with Crippen molar-refractivity contribution < 1.29 is 0 Å². The van der Waals surface area contributed by atoms with E-state index in [1.54, 1.807) is 0 Å². The molecule has 0 amide bonds.